The quantitative estimate of drug-likeness (QED) is 0.0659. The first-order valence-electron chi connectivity index (χ1n) is 25.7. The summed E-state index contributed by atoms with van der Waals surface area (Å²) in [6, 6.07) is -3.73. The minimum absolute atomic E-state index is 0.0445. The van der Waals surface area contributed by atoms with Crippen LogP contribution in [0.5, 0.6) is 0 Å². The van der Waals surface area contributed by atoms with E-state index >= 15 is 0 Å². The third-order valence-corrected chi connectivity index (χ3v) is 14.3. The van der Waals surface area contributed by atoms with Crippen LogP contribution in [0.2, 0.25) is 0 Å². The largest absolute Gasteiger partial charge is 0.451 e. The fourth-order valence-corrected chi connectivity index (χ4v) is 10.9. The van der Waals surface area contributed by atoms with E-state index in [1.807, 2.05) is 34.6 Å². The molecule has 0 aliphatic carbocycles. The van der Waals surface area contributed by atoms with Crippen molar-refractivity contribution in [3.63, 3.8) is 0 Å². The van der Waals surface area contributed by atoms with E-state index < -0.39 is 87.0 Å². The number of hydrogen-bond acceptors (Lipinski definition) is 18. The molecule has 11 atom stereocenters. The second-order valence-electron chi connectivity index (χ2n) is 20.6. The van der Waals surface area contributed by atoms with E-state index in [1.165, 1.54) is 0 Å². The van der Waals surface area contributed by atoms with Crippen molar-refractivity contribution >= 4 is 43.7 Å². The summed E-state index contributed by atoms with van der Waals surface area (Å²) in [5, 5.41) is 41.4. The lowest BCUT2D eigenvalue weighted by Gasteiger charge is -2.33. The molecule has 3 saturated heterocycles. The van der Waals surface area contributed by atoms with Crippen molar-refractivity contribution < 1.29 is 48.5 Å². The highest BCUT2D eigenvalue weighted by molar-refractivity contribution is 7.58. The number of esters is 1. The minimum atomic E-state index is -1.29. The van der Waals surface area contributed by atoms with Crippen molar-refractivity contribution in [3.05, 3.63) is 0 Å². The number of hydrogen-bond donors (Lipinski definition) is 12. The summed E-state index contributed by atoms with van der Waals surface area (Å²) in [5.41, 5.74) is 22.3. The lowest BCUT2D eigenvalue weighted by Crippen LogP contribution is -2.55. The van der Waals surface area contributed by atoms with E-state index in [4.69, 9.17) is 32.4 Å². The lowest BCUT2D eigenvalue weighted by atomic mass is 9.90. The molecule has 404 valence electrons. The molecule has 0 saturated carbocycles. The zero-order valence-corrected chi connectivity index (χ0v) is 43.7. The van der Waals surface area contributed by atoms with Crippen LogP contribution in [-0.2, 0) is 38.2 Å². The van der Waals surface area contributed by atoms with Crippen LogP contribution in [0.1, 0.15) is 125 Å². The maximum absolute atomic E-state index is 14.2. The Kier molecular flexibility index (Phi) is 28.2. The van der Waals surface area contributed by atoms with Gasteiger partial charge in [-0.05, 0) is 136 Å². The Morgan fingerprint density at radius 1 is 0.771 bits per heavy atom. The first-order chi connectivity index (χ1) is 33.3. The van der Waals surface area contributed by atoms with E-state index in [0.29, 0.717) is 103 Å². The molecular weight excluding hydrogens is 924 g/mol. The van der Waals surface area contributed by atoms with Gasteiger partial charge in [-0.15, -0.1) is 0 Å². The molecule has 3 heterocycles. The molecule has 0 radical (unpaired) electrons. The number of rotatable bonds is 15. The maximum atomic E-state index is 14.2. The Labute approximate surface area is 417 Å². The first kappa shape index (κ1) is 61.3. The van der Waals surface area contributed by atoms with Gasteiger partial charge in [0.15, 0.2) is 11.6 Å². The van der Waals surface area contributed by atoms with Crippen LogP contribution in [0.15, 0.2) is 0 Å². The average molecular weight is 1020 g/mol. The minimum Gasteiger partial charge on any atom is -0.451 e. The van der Waals surface area contributed by atoms with Crippen LogP contribution in [0.4, 0.5) is 0 Å². The molecule has 70 heavy (non-hydrogen) atoms. The molecule has 0 spiro atoms. The number of aliphatic hydroxyl groups is 2. The van der Waals surface area contributed by atoms with Crippen molar-refractivity contribution in [1.82, 2.24) is 41.7 Å². The summed E-state index contributed by atoms with van der Waals surface area (Å²) in [4.78, 5) is 86.6. The summed E-state index contributed by atoms with van der Waals surface area (Å²) in [7, 11) is -0.419. The highest BCUT2D eigenvalue weighted by atomic mass is 31.1. The van der Waals surface area contributed by atoms with Crippen LogP contribution in [0.3, 0.4) is 0 Å². The summed E-state index contributed by atoms with van der Waals surface area (Å²) >= 11 is 0. The van der Waals surface area contributed by atoms with E-state index in [-0.39, 0.29) is 81.0 Å². The summed E-state index contributed by atoms with van der Waals surface area (Å²) in [6.45, 7) is 11.7. The summed E-state index contributed by atoms with van der Waals surface area (Å²) in [6.07, 6.45) is 1.76. The molecule has 23 heteroatoms. The highest BCUT2D eigenvalue weighted by Crippen LogP contribution is 2.35. The topological polar surface area (TPSA) is 344 Å². The molecule has 0 aromatic rings. The van der Waals surface area contributed by atoms with Gasteiger partial charge in [0.25, 0.3) is 5.91 Å². The van der Waals surface area contributed by atoms with E-state index in [1.54, 1.807) is 9.80 Å². The summed E-state index contributed by atoms with van der Waals surface area (Å²) in [5.74, 6) is -2.31. The Balaban J connectivity index is 1.97. The second kappa shape index (κ2) is 32.2. The van der Waals surface area contributed by atoms with Crippen LogP contribution in [0, 0.1) is 11.3 Å². The number of carbonyl (C=O) groups is 6. The van der Waals surface area contributed by atoms with E-state index in [9.17, 15) is 39.0 Å². The molecule has 4 amide bonds. The van der Waals surface area contributed by atoms with Gasteiger partial charge in [-0.1, -0.05) is 34.6 Å². The monoisotopic (exact) mass is 1010 g/mol. The molecule has 22 nitrogen and oxygen atoms in total. The molecule has 0 aromatic carbocycles. The standard InChI is InChI=1S/C47H91N12O10P/c1-30(2)24-33-45(66)69-36(16-8-20-50)43(64)54-28-40(61)59-23-11-15-35(59)42(63)56-32(13-7-19-49)46(67)70-37(25-47(3,4)5)44(65)57-38(17-9-21-51)68-29-52-27-39(60)58-22-10-14-34(58)41(62)55-31(26-53-33)12-6-18-48/h30-38,40,44,52-53,57,61,65,70H,6-29,48-51H2,1-5H3,(H,54,64)(H,55,62)(H,56,63). The van der Waals surface area contributed by atoms with Gasteiger partial charge in [0.05, 0.1) is 31.9 Å². The molecule has 0 aromatic heterocycles. The van der Waals surface area contributed by atoms with Gasteiger partial charge in [0.2, 0.25) is 17.7 Å². The van der Waals surface area contributed by atoms with Gasteiger partial charge in [-0.25, -0.2) is 0 Å². The number of carbonyl (C=O) groups excluding carboxylic acids is 6. The molecule has 3 aliphatic rings. The number of nitrogens with zero attached hydrogens (tertiary/aromatic N) is 2. The Hall–Kier alpha value is -2.99. The van der Waals surface area contributed by atoms with Crippen molar-refractivity contribution in [2.45, 2.75) is 185 Å². The average Bonchev–Trinajstić information content (AvgIpc) is 4.02. The van der Waals surface area contributed by atoms with E-state index in [2.05, 4.69) is 31.9 Å². The number of amides is 4. The number of nitrogens with two attached hydrogens (primary N) is 4. The normalized spacial score (nSPS) is 30.3. The molecule has 3 aliphatic heterocycles. The molecule has 11 unspecified atom stereocenters. The van der Waals surface area contributed by atoms with Crippen molar-refractivity contribution in [2.75, 3.05) is 65.6 Å². The summed E-state index contributed by atoms with van der Waals surface area (Å²) < 4.78 is 12.0. The van der Waals surface area contributed by atoms with Gasteiger partial charge in [0.1, 0.15) is 30.8 Å². The molecule has 0 bridgehead atoms. The predicted octanol–water partition coefficient (Wildman–Crippen LogP) is -1.46. The molecule has 3 fully saturated rings. The van der Waals surface area contributed by atoms with Crippen LogP contribution < -0.4 is 54.8 Å². The number of fused-ring (bicyclic) bond motifs is 2. The molecular formula is C47H91N12O10P. The third kappa shape index (κ3) is 21.6. The first-order valence-corrected chi connectivity index (χ1v) is 26.8. The molecule has 16 N–H and O–H groups in total. The highest BCUT2D eigenvalue weighted by Gasteiger charge is 2.39. The Bertz CT molecular complexity index is 1610. The fourth-order valence-electron chi connectivity index (χ4n) is 9.15. The Morgan fingerprint density at radius 2 is 1.40 bits per heavy atom. The molecule has 3 rings (SSSR count). The zero-order valence-electron chi connectivity index (χ0n) is 42.7. The van der Waals surface area contributed by atoms with Gasteiger partial charge >= 0.3 is 5.97 Å². The number of cyclic esters (lactones) is 1. The smallest absolute Gasteiger partial charge is 0.323 e. The van der Waals surface area contributed by atoms with Crippen LogP contribution in [0.25, 0.3) is 0 Å². The van der Waals surface area contributed by atoms with Gasteiger partial charge in [-0.2, -0.15) is 0 Å². The third-order valence-electron chi connectivity index (χ3n) is 12.8. The van der Waals surface area contributed by atoms with Gasteiger partial charge < -0.3 is 68.8 Å². The number of ether oxygens (including phenoxy) is 2. The number of β-amino-alcohol motifs (C(OH)–C–C–N with tert-alkyl or cyclic N) is 1. The zero-order chi connectivity index (χ0) is 51.8. The van der Waals surface area contributed by atoms with Crippen molar-refractivity contribution in [1.29, 1.82) is 0 Å². The van der Waals surface area contributed by atoms with Crippen molar-refractivity contribution in [3.8, 4) is 0 Å². The second-order valence-corrected chi connectivity index (χ2v) is 22.1. The van der Waals surface area contributed by atoms with Crippen LogP contribution >= 0.6 is 8.58 Å². The van der Waals surface area contributed by atoms with Crippen molar-refractivity contribution in [2.24, 2.45) is 34.3 Å². The lowest BCUT2D eigenvalue weighted by molar-refractivity contribution is -0.159. The maximum Gasteiger partial charge on any atom is 0.323 e. The van der Waals surface area contributed by atoms with Gasteiger partial charge in [0, 0.05) is 31.3 Å². The Morgan fingerprint density at radius 3 is 2.07 bits per heavy atom. The van der Waals surface area contributed by atoms with Gasteiger partial charge in [-0.3, -0.25) is 44.3 Å². The number of nitrogens with one attached hydrogen (secondary N) is 6. The SMILES string of the molecule is CC(C)CC1NCC(CCCN)NC(=O)C2CCCN2C(=O)CNCOC(CCCN)NC(O)C(CC(C)(C)C)PC(=O)C(CCCN)NC(=O)C2CCCN2C(O)CNC(=O)C(CCCN)OC1=O. The predicted molar refractivity (Wildman–Crippen MR) is 270 cm³/mol. The fraction of sp³-hybridized carbons (Fsp3) is 0.872. The van der Waals surface area contributed by atoms with E-state index in [0.717, 1.165) is 0 Å². The number of aliphatic hydroxyl groups excluding tert-OH is 2. The van der Waals surface area contributed by atoms with Crippen LogP contribution in [-0.4, -0.2) is 181 Å².